The molecule has 0 radical (unpaired) electrons. The van der Waals surface area contributed by atoms with Crippen LogP contribution >= 0.6 is 0 Å². The molecule has 0 heterocycles. The van der Waals surface area contributed by atoms with Gasteiger partial charge in [0, 0.05) is 12.1 Å². The molecule has 1 saturated carbocycles. The van der Waals surface area contributed by atoms with Crippen LogP contribution in [0.2, 0.25) is 0 Å². The molecule has 1 heteroatoms. The van der Waals surface area contributed by atoms with Crippen LogP contribution in [0, 0.1) is 5.92 Å². The number of nitrogens with one attached hydrogen (secondary N) is 1. The van der Waals surface area contributed by atoms with Gasteiger partial charge in [-0.15, -0.1) is 0 Å². The van der Waals surface area contributed by atoms with Crippen LogP contribution in [0.15, 0.2) is 42.5 Å². The summed E-state index contributed by atoms with van der Waals surface area (Å²) < 4.78 is 0. The van der Waals surface area contributed by atoms with Gasteiger partial charge < -0.3 is 5.32 Å². The van der Waals surface area contributed by atoms with Gasteiger partial charge in [-0.25, -0.2) is 0 Å². The molecule has 3 unspecified atom stereocenters. The van der Waals surface area contributed by atoms with Gasteiger partial charge in [0.15, 0.2) is 0 Å². The lowest BCUT2D eigenvalue weighted by molar-refractivity contribution is 0.241. The summed E-state index contributed by atoms with van der Waals surface area (Å²) in [6.45, 7) is 4.66. The molecule has 1 aliphatic carbocycles. The Kier molecular flexibility index (Phi) is 4.60. The number of hydrogen-bond acceptors (Lipinski definition) is 1. The van der Waals surface area contributed by atoms with Crippen molar-refractivity contribution in [2.45, 2.75) is 58.0 Å². The Labute approximate surface area is 128 Å². The summed E-state index contributed by atoms with van der Waals surface area (Å²) in [6, 6.07) is 16.5. The van der Waals surface area contributed by atoms with Crippen molar-refractivity contribution in [2.24, 2.45) is 5.92 Å². The SMILES string of the molecule is CCC1CCCCC1NC(C)c1cccc2ccccc12. The van der Waals surface area contributed by atoms with Crippen LogP contribution in [-0.2, 0) is 0 Å². The van der Waals surface area contributed by atoms with Crippen LogP contribution < -0.4 is 5.32 Å². The fourth-order valence-corrected chi connectivity index (χ4v) is 3.95. The first-order chi connectivity index (χ1) is 10.3. The summed E-state index contributed by atoms with van der Waals surface area (Å²) in [5.41, 5.74) is 1.44. The van der Waals surface area contributed by atoms with Crippen LogP contribution in [0.4, 0.5) is 0 Å². The zero-order chi connectivity index (χ0) is 14.7. The lowest BCUT2D eigenvalue weighted by Crippen LogP contribution is -2.39. The van der Waals surface area contributed by atoms with Crippen LogP contribution in [0.5, 0.6) is 0 Å². The molecule has 1 aliphatic rings. The van der Waals surface area contributed by atoms with Gasteiger partial charge in [0.2, 0.25) is 0 Å². The van der Waals surface area contributed by atoms with E-state index in [1.165, 1.54) is 48.4 Å². The van der Waals surface area contributed by atoms with Crippen molar-refractivity contribution in [1.82, 2.24) is 5.32 Å². The molecule has 2 aromatic carbocycles. The van der Waals surface area contributed by atoms with Crippen LogP contribution in [-0.4, -0.2) is 6.04 Å². The van der Waals surface area contributed by atoms with Crippen molar-refractivity contribution in [1.29, 1.82) is 0 Å². The molecule has 0 amide bonds. The standard InChI is InChI=1S/C20H27N/c1-3-16-9-5-7-14-20(16)21-15(2)18-13-8-11-17-10-4-6-12-19(17)18/h4,6,8,10-13,15-16,20-21H,3,5,7,9,14H2,1-2H3. The highest BCUT2D eigenvalue weighted by molar-refractivity contribution is 5.86. The normalized spacial score (nSPS) is 24.1. The Morgan fingerprint density at radius 2 is 1.81 bits per heavy atom. The fraction of sp³-hybridized carbons (Fsp3) is 0.500. The molecule has 1 nitrogen and oxygen atoms in total. The third-order valence-corrected chi connectivity index (χ3v) is 5.19. The molecule has 2 aromatic rings. The first-order valence-corrected chi connectivity index (χ1v) is 8.53. The van der Waals surface area contributed by atoms with E-state index in [9.17, 15) is 0 Å². The van der Waals surface area contributed by atoms with Gasteiger partial charge in [0.25, 0.3) is 0 Å². The quantitative estimate of drug-likeness (QED) is 0.784. The highest BCUT2D eigenvalue weighted by Gasteiger charge is 2.25. The van der Waals surface area contributed by atoms with E-state index < -0.39 is 0 Å². The molecular weight excluding hydrogens is 254 g/mol. The highest BCUT2D eigenvalue weighted by atomic mass is 15.0. The third kappa shape index (κ3) is 3.13. The monoisotopic (exact) mass is 281 g/mol. The largest absolute Gasteiger partial charge is 0.307 e. The number of fused-ring (bicyclic) bond motifs is 1. The molecule has 0 bridgehead atoms. The van der Waals surface area contributed by atoms with Crippen molar-refractivity contribution in [3.05, 3.63) is 48.0 Å². The first kappa shape index (κ1) is 14.6. The maximum Gasteiger partial charge on any atom is 0.0300 e. The van der Waals surface area contributed by atoms with Gasteiger partial charge in [-0.3, -0.25) is 0 Å². The zero-order valence-corrected chi connectivity index (χ0v) is 13.3. The maximum atomic E-state index is 3.93. The third-order valence-electron chi connectivity index (χ3n) is 5.19. The van der Waals surface area contributed by atoms with E-state index in [2.05, 4.69) is 61.6 Å². The highest BCUT2D eigenvalue weighted by Crippen LogP contribution is 2.30. The first-order valence-electron chi connectivity index (χ1n) is 8.53. The molecule has 0 aromatic heterocycles. The summed E-state index contributed by atoms with van der Waals surface area (Å²) >= 11 is 0. The van der Waals surface area contributed by atoms with Gasteiger partial charge in [0.1, 0.15) is 0 Å². The molecule has 1 N–H and O–H groups in total. The Balaban J connectivity index is 1.82. The summed E-state index contributed by atoms with van der Waals surface area (Å²) in [6.07, 6.45) is 6.85. The topological polar surface area (TPSA) is 12.0 Å². The number of rotatable bonds is 4. The van der Waals surface area contributed by atoms with Crippen molar-refractivity contribution >= 4 is 10.8 Å². The van der Waals surface area contributed by atoms with Gasteiger partial charge in [-0.05, 0) is 42.0 Å². The number of hydrogen-bond donors (Lipinski definition) is 1. The fourth-order valence-electron chi connectivity index (χ4n) is 3.95. The Bertz CT molecular complexity index is 584. The predicted octanol–water partition coefficient (Wildman–Crippen LogP) is 5.46. The van der Waals surface area contributed by atoms with E-state index in [0.717, 1.165) is 5.92 Å². The van der Waals surface area contributed by atoms with Crippen molar-refractivity contribution in [3.8, 4) is 0 Å². The molecule has 21 heavy (non-hydrogen) atoms. The van der Waals surface area contributed by atoms with E-state index in [1.54, 1.807) is 0 Å². The van der Waals surface area contributed by atoms with Crippen LogP contribution in [0.25, 0.3) is 10.8 Å². The van der Waals surface area contributed by atoms with Gasteiger partial charge in [0.05, 0.1) is 0 Å². The van der Waals surface area contributed by atoms with Crippen molar-refractivity contribution in [2.75, 3.05) is 0 Å². The minimum atomic E-state index is 0.424. The van der Waals surface area contributed by atoms with Gasteiger partial charge in [-0.2, -0.15) is 0 Å². The molecule has 112 valence electrons. The Morgan fingerprint density at radius 1 is 1.05 bits per heavy atom. The molecule has 0 saturated heterocycles. The van der Waals surface area contributed by atoms with E-state index in [-0.39, 0.29) is 0 Å². The lowest BCUT2D eigenvalue weighted by atomic mass is 9.82. The van der Waals surface area contributed by atoms with E-state index >= 15 is 0 Å². The summed E-state index contributed by atoms with van der Waals surface area (Å²) in [5.74, 6) is 0.858. The second-order valence-corrected chi connectivity index (χ2v) is 6.52. The van der Waals surface area contributed by atoms with Crippen molar-refractivity contribution in [3.63, 3.8) is 0 Å². The second kappa shape index (κ2) is 6.62. The average Bonchev–Trinajstić information content (AvgIpc) is 2.54. The van der Waals surface area contributed by atoms with E-state index in [4.69, 9.17) is 0 Å². The van der Waals surface area contributed by atoms with Crippen molar-refractivity contribution < 1.29 is 0 Å². The molecule has 1 fully saturated rings. The molecule has 0 spiro atoms. The van der Waals surface area contributed by atoms with E-state index in [0.29, 0.717) is 12.1 Å². The second-order valence-electron chi connectivity index (χ2n) is 6.52. The predicted molar refractivity (Wildman–Crippen MR) is 91.5 cm³/mol. The Morgan fingerprint density at radius 3 is 2.67 bits per heavy atom. The molecule has 3 rings (SSSR count). The summed E-state index contributed by atoms with van der Waals surface area (Å²) in [5, 5.41) is 6.67. The smallest absolute Gasteiger partial charge is 0.0300 e. The molecule has 3 atom stereocenters. The molecule has 0 aliphatic heterocycles. The minimum Gasteiger partial charge on any atom is -0.307 e. The van der Waals surface area contributed by atoms with E-state index in [1.807, 2.05) is 0 Å². The Hall–Kier alpha value is -1.34. The van der Waals surface area contributed by atoms with Crippen LogP contribution in [0.3, 0.4) is 0 Å². The zero-order valence-electron chi connectivity index (χ0n) is 13.3. The maximum absolute atomic E-state index is 3.93. The molecular formula is C20H27N. The van der Waals surface area contributed by atoms with Crippen LogP contribution in [0.1, 0.15) is 57.6 Å². The average molecular weight is 281 g/mol. The summed E-state index contributed by atoms with van der Waals surface area (Å²) in [4.78, 5) is 0. The lowest BCUT2D eigenvalue weighted by Gasteiger charge is -2.34. The van der Waals surface area contributed by atoms with Gasteiger partial charge >= 0.3 is 0 Å². The minimum absolute atomic E-state index is 0.424. The number of benzene rings is 2. The van der Waals surface area contributed by atoms with Gasteiger partial charge in [-0.1, -0.05) is 68.7 Å². The summed E-state index contributed by atoms with van der Waals surface area (Å²) in [7, 11) is 0.